The zero-order valence-electron chi connectivity index (χ0n) is 16.3. The van der Waals surface area contributed by atoms with E-state index in [9.17, 15) is 24.6 Å². The Balaban J connectivity index is 1.75. The van der Waals surface area contributed by atoms with Crippen molar-refractivity contribution in [3.05, 3.63) is 23.8 Å². The predicted molar refractivity (Wildman–Crippen MR) is 96.5 cm³/mol. The first-order valence-electron chi connectivity index (χ1n) is 9.77. The molecule has 1 saturated heterocycles. The maximum Gasteiger partial charge on any atom is 0.330 e. The van der Waals surface area contributed by atoms with Gasteiger partial charge in [0.1, 0.15) is 18.0 Å². The Morgan fingerprint density at radius 3 is 2.75 bits per heavy atom. The number of carbonyl (C=O) groups is 3. The van der Waals surface area contributed by atoms with Gasteiger partial charge in [-0.05, 0) is 25.3 Å². The molecule has 7 heteroatoms. The maximum absolute atomic E-state index is 12.7. The number of fused-ring (bicyclic) bond motifs is 1. The van der Waals surface area contributed by atoms with Crippen LogP contribution in [0.15, 0.2) is 23.8 Å². The Kier molecular flexibility index (Phi) is 3.98. The molecule has 4 aliphatic rings. The number of aldehydes is 1. The van der Waals surface area contributed by atoms with Gasteiger partial charge in [0.25, 0.3) is 0 Å². The average Bonchev–Trinajstić information content (AvgIpc) is 3.24. The van der Waals surface area contributed by atoms with Crippen molar-refractivity contribution in [1.29, 1.82) is 0 Å². The molecule has 0 spiro atoms. The van der Waals surface area contributed by atoms with Gasteiger partial charge in [0.2, 0.25) is 6.29 Å². The standard InChI is InChI=1S/C21H26O7/c1-4-5-6-7-14(23)27-15-18(2,3)9-13-20-11-19(20,16(24)28-17(20)25)12(10-22)8-21(13,15)26/h6-8,10,13,15-16,24,26H,4-5,9,11H2,1-3H3/b7-6+/t13-,15+,16-,19-,20+,21+/m0/s1. The quantitative estimate of drug-likeness (QED) is 0.415. The number of carbonyl (C=O) groups excluding carboxylic acids is 3. The number of allylic oxidation sites excluding steroid dienone is 1. The molecule has 0 bridgehead atoms. The molecule has 0 amide bonds. The molecule has 0 aromatic rings. The second kappa shape index (κ2) is 5.76. The van der Waals surface area contributed by atoms with E-state index in [0.717, 1.165) is 12.8 Å². The summed E-state index contributed by atoms with van der Waals surface area (Å²) in [5.41, 5.74) is -4.43. The van der Waals surface area contributed by atoms with Crippen molar-refractivity contribution in [3.63, 3.8) is 0 Å². The number of ether oxygens (including phenoxy) is 2. The Hall–Kier alpha value is -1.99. The SMILES string of the molecule is CCC/C=C/C(=O)O[C@@H]1C(C)(C)C[C@@H]2[C@]1(O)C=C(C=O)[C@]13C[C@]21C(=O)O[C@@H]3O. The number of unbranched alkanes of at least 4 members (excludes halogenated alkanes) is 1. The van der Waals surface area contributed by atoms with Crippen LogP contribution in [0, 0.1) is 22.2 Å². The number of hydrogen-bond acceptors (Lipinski definition) is 7. The highest BCUT2D eigenvalue weighted by atomic mass is 16.6. The van der Waals surface area contributed by atoms with Gasteiger partial charge in [-0.15, -0.1) is 0 Å². The molecule has 2 N–H and O–H groups in total. The molecular formula is C21H26O7. The summed E-state index contributed by atoms with van der Waals surface area (Å²) in [7, 11) is 0. The maximum atomic E-state index is 12.7. The van der Waals surface area contributed by atoms with Crippen molar-refractivity contribution in [2.24, 2.45) is 22.2 Å². The fourth-order valence-corrected chi connectivity index (χ4v) is 5.97. The van der Waals surface area contributed by atoms with E-state index in [1.54, 1.807) is 6.08 Å². The van der Waals surface area contributed by atoms with Crippen LogP contribution in [-0.2, 0) is 23.9 Å². The smallest absolute Gasteiger partial charge is 0.330 e. The second-order valence-electron chi connectivity index (χ2n) is 9.24. The summed E-state index contributed by atoms with van der Waals surface area (Å²) in [5.74, 6) is -1.77. The van der Waals surface area contributed by atoms with Gasteiger partial charge >= 0.3 is 11.9 Å². The molecule has 0 aromatic heterocycles. The Labute approximate surface area is 163 Å². The lowest BCUT2D eigenvalue weighted by Gasteiger charge is -2.40. The summed E-state index contributed by atoms with van der Waals surface area (Å²) in [4.78, 5) is 36.8. The predicted octanol–water partition coefficient (Wildman–Crippen LogP) is 1.42. The number of rotatable bonds is 5. The molecule has 7 nitrogen and oxygen atoms in total. The molecule has 4 rings (SSSR count). The number of aliphatic hydroxyl groups excluding tert-OH is 1. The van der Waals surface area contributed by atoms with Crippen LogP contribution in [0.3, 0.4) is 0 Å². The minimum Gasteiger partial charge on any atom is -0.455 e. The average molecular weight is 390 g/mol. The topological polar surface area (TPSA) is 110 Å². The molecule has 6 atom stereocenters. The van der Waals surface area contributed by atoms with Crippen LogP contribution in [0.5, 0.6) is 0 Å². The number of aliphatic hydroxyl groups is 2. The third-order valence-electron chi connectivity index (χ3n) is 7.22. The highest BCUT2D eigenvalue weighted by Crippen LogP contribution is 2.82. The highest BCUT2D eigenvalue weighted by molar-refractivity contribution is 5.94. The molecule has 152 valence electrons. The lowest BCUT2D eigenvalue weighted by Crippen LogP contribution is -2.53. The van der Waals surface area contributed by atoms with Crippen molar-refractivity contribution in [2.75, 3.05) is 0 Å². The van der Waals surface area contributed by atoms with Crippen LogP contribution < -0.4 is 0 Å². The summed E-state index contributed by atoms with van der Waals surface area (Å²) < 4.78 is 10.7. The van der Waals surface area contributed by atoms with Crippen LogP contribution in [0.4, 0.5) is 0 Å². The first-order chi connectivity index (χ1) is 13.1. The molecule has 2 saturated carbocycles. The van der Waals surface area contributed by atoms with Crippen molar-refractivity contribution in [3.8, 4) is 0 Å². The van der Waals surface area contributed by atoms with Gasteiger partial charge in [-0.1, -0.05) is 33.3 Å². The molecule has 0 aromatic carbocycles. The van der Waals surface area contributed by atoms with E-state index in [4.69, 9.17) is 9.47 Å². The van der Waals surface area contributed by atoms with Gasteiger partial charge in [0.05, 0.1) is 10.8 Å². The normalized spacial score (nSPS) is 45.0. The lowest BCUT2D eigenvalue weighted by atomic mass is 9.66. The minimum absolute atomic E-state index is 0.143. The summed E-state index contributed by atoms with van der Waals surface area (Å²) in [6.07, 6.45) is 4.96. The van der Waals surface area contributed by atoms with Gasteiger partial charge in [0, 0.05) is 23.0 Å². The molecule has 3 fully saturated rings. The van der Waals surface area contributed by atoms with E-state index in [1.165, 1.54) is 12.2 Å². The monoisotopic (exact) mass is 390 g/mol. The number of cyclic esters (lactones) is 1. The van der Waals surface area contributed by atoms with E-state index >= 15 is 0 Å². The fraction of sp³-hybridized carbons (Fsp3) is 0.667. The van der Waals surface area contributed by atoms with Crippen LogP contribution in [-0.4, -0.2) is 46.4 Å². The summed E-state index contributed by atoms with van der Waals surface area (Å²) in [6, 6.07) is 0. The lowest BCUT2D eigenvalue weighted by molar-refractivity contribution is -0.169. The molecule has 28 heavy (non-hydrogen) atoms. The van der Waals surface area contributed by atoms with Crippen molar-refractivity contribution < 1.29 is 34.1 Å². The second-order valence-corrected chi connectivity index (χ2v) is 9.24. The number of hydrogen-bond donors (Lipinski definition) is 2. The molecule has 1 heterocycles. The van der Waals surface area contributed by atoms with E-state index in [2.05, 4.69) is 0 Å². The molecule has 3 aliphatic carbocycles. The first-order valence-corrected chi connectivity index (χ1v) is 9.77. The molecule has 1 aliphatic heterocycles. The largest absolute Gasteiger partial charge is 0.455 e. The van der Waals surface area contributed by atoms with Crippen molar-refractivity contribution in [2.45, 2.75) is 64.4 Å². The van der Waals surface area contributed by atoms with Crippen LogP contribution in [0.1, 0.15) is 46.5 Å². The third kappa shape index (κ3) is 2.09. The van der Waals surface area contributed by atoms with Crippen molar-refractivity contribution >= 4 is 18.2 Å². The van der Waals surface area contributed by atoms with Gasteiger partial charge < -0.3 is 19.7 Å². The zero-order valence-corrected chi connectivity index (χ0v) is 16.3. The van der Waals surface area contributed by atoms with E-state index in [-0.39, 0.29) is 12.0 Å². The van der Waals surface area contributed by atoms with Crippen LogP contribution in [0.25, 0.3) is 0 Å². The Morgan fingerprint density at radius 2 is 2.11 bits per heavy atom. The van der Waals surface area contributed by atoms with E-state index in [1.807, 2.05) is 20.8 Å². The number of esters is 2. The highest BCUT2D eigenvalue weighted by Gasteiger charge is 2.90. The van der Waals surface area contributed by atoms with Crippen LogP contribution in [0.2, 0.25) is 0 Å². The van der Waals surface area contributed by atoms with Crippen molar-refractivity contribution in [1.82, 2.24) is 0 Å². The summed E-state index contributed by atoms with van der Waals surface area (Å²) >= 11 is 0. The zero-order chi connectivity index (χ0) is 20.5. The first kappa shape index (κ1) is 19.3. The Bertz CT molecular complexity index is 812. The molecular weight excluding hydrogens is 364 g/mol. The van der Waals surface area contributed by atoms with Gasteiger partial charge in [0.15, 0.2) is 0 Å². The molecule has 0 radical (unpaired) electrons. The van der Waals surface area contributed by atoms with E-state index < -0.39 is 52.1 Å². The summed E-state index contributed by atoms with van der Waals surface area (Å²) in [5, 5.41) is 22.0. The third-order valence-corrected chi connectivity index (χ3v) is 7.22. The van der Waals surface area contributed by atoms with Gasteiger partial charge in [-0.2, -0.15) is 0 Å². The minimum atomic E-state index is -1.68. The summed E-state index contributed by atoms with van der Waals surface area (Å²) in [6.45, 7) is 5.72. The Morgan fingerprint density at radius 1 is 1.39 bits per heavy atom. The van der Waals surface area contributed by atoms with Crippen LogP contribution >= 0.6 is 0 Å². The van der Waals surface area contributed by atoms with Gasteiger partial charge in [-0.25, -0.2) is 4.79 Å². The van der Waals surface area contributed by atoms with E-state index in [0.29, 0.717) is 12.7 Å². The molecule has 0 unspecified atom stereocenters. The van der Waals surface area contributed by atoms with Gasteiger partial charge in [-0.3, -0.25) is 9.59 Å². The fourth-order valence-electron chi connectivity index (χ4n) is 5.97.